The Labute approximate surface area is 185 Å². The van der Waals surface area contributed by atoms with Crippen LogP contribution in [0.3, 0.4) is 0 Å². The van der Waals surface area contributed by atoms with Crippen LogP contribution in [0.5, 0.6) is 0 Å². The van der Waals surface area contributed by atoms with Gasteiger partial charge in [-0.05, 0) is 67.8 Å². The first-order chi connectivity index (χ1) is 14.3. The largest absolute Gasteiger partial charge is 0.416 e. The highest BCUT2D eigenvalue weighted by Gasteiger charge is 2.31. The van der Waals surface area contributed by atoms with Crippen LogP contribution in [-0.2, 0) is 12.4 Å². The molecule has 0 saturated carbocycles. The summed E-state index contributed by atoms with van der Waals surface area (Å²) in [5.41, 5.74) is -1.26. The highest BCUT2D eigenvalue weighted by atomic mass is 32.1. The van der Waals surface area contributed by atoms with Gasteiger partial charge in [-0.3, -0.25) is 0 Å². The van der Waals surface area contributed by atoms with Crippen molar-refractivity contribution in [1.29, 1.82) is 0 Å². The van der Waals surface area contributed by atoms with Gasteiger partial charge in [0, 0.05) is 24.0 Å². The second-order valence-corrected chi connectivity index (χ2v) is 7.31. The number of hydrogen-bond acceptors (Lipinski definition) is 2. The first kappa shape index (κ1) is 24.7. The lowest BCUT2D eigenvalue weighted by Gasteiger charge is -2.19. The van der Waals surface area contributed by atoms with Crippen LogP contribution in [-0.4, -0.2) is 22.8 Å². The van der Waals surface area contributed by atoms with Crippen molar-refractivity contribution >= 4 is 46.0 Å². The molecule has 0 bridgehead atoms. The molecule has 1 unspecified atom stereocenters. The molecule has 0 amide bonds. The Bertz CT molecular complexity index is 930. The van der Waals surface area contributed by atoms with E-state index in [9.17, 15) is 26.3 Å². The van der Waals surface area contributed by atoms with Gasteiger partial charge in [0.05, 0.1) is 11.1 Å². The lowest BCUT2D eigenvalue weighted by atomic mass is 10.2. The number of anilines is 2. The molecule has 0 heterocycles. The Morgan fingerprint density at radius 2 is 1.26 bits per heavy atom. The number of alkyl halides is 6. The minimum Gasteiger partial charge on any atom is -0.360 e. The number of nitrogens with one attached hydrogen (secondary N) is 4. The van der Waals surface area contributed by atoms with Gasteiger partial charge in [0.15, 0.2) is 10.2 Å². The average molecular weight is 481 g/mol. The van der Waals surface area contributed by atoms with Crippen molar-refractivity contribution < 1.29 is 26.3 Å². The number of thiocarbonyl (C=S) groups is 2. The molecule has 0 aromatic heterocycles. The zero-order valence-corrected chi connectivity index (χ0v) is 17.6. The monoisotopic (exact) mass is 480 g/mol. The van der Waals surface area contributed by atoms with Gasteiger partial charge in [-0.1, -0.05) is 12.1 Å². The van der Waals surface area contributed by atoms with E-state index in [2.05, 4.69) is 21.3 Å². The van der Waals surface area contributed by atoms with E-state index in [-0.39, 0.29) is 34.2 Å². The molecule has 2 aromatic carbocycles. The lowest BCUT2D eigenvalue weighted by Crippen LogP contribution is -2.44. The third-order valence-corrected chi connectivity index (χ3v) is 4.31. The fourth-order valence-corrected chi connectivity index (χ4v) is 2.93. The normalized spacial score (nSPS) is 12.6. The molecule has 2 rings (SSSR count). The van der Waals surface area contributed by atoms with E-state index < -0.39 is 23.5 Å². The van der Waals surface area contributed by atoms with E-state index in [1.54, 1.807) is 6.92 Å². The Morgan fingerprint density at radius 1 is 0.806 bits per heavy atom. The molecule has 0 spiro atoms. The zero-order chi connectivity index (χ0) is 23.2. The summed E-state index contributed by atoms with van der Waals surface area (Å²) in [5.74, 6) is 0. The molecule has 0 radical (unpaired) electrons. The Balaban J connectivity index is 1.82. The Kier molecular flexibility index (Phi) is 8.07. The van der Waals surface area contributed by atoms with Crippen molar-refractivity contribution in [3.8, 4) is 0 Å². The van der Waals surface area contributed by atoms with Gasteiger partial charge >= 0.3 is 12.4 Å². The maximum atomic E-state index is 12.8. The molecule has 0 aliphatic rings. The fourth-order valence-electron chi connectivity index (χ4n) is 2.41. The number of halogens is 6. The molecule has 31 heavy (non-hydrogen) atoms. The molecule has 12 heteroatoms. The molecule has 0 aliphatic heterocycles. The third kappa shape index (κ3) is 8.21. The van der Waals surface area contributed by atoms with Crippen molar-refractivity contribution in [2.75, 3.05) is 17.2 Å². The molecule has 0 fully saturated rings. The van der Waals surface area contributed by atoms with E-state index >= 15 is 0 Å². The summed E-state index contributed by atoms with van der Waals surface area (Å²) in [7, 11) is 0. The fraction of sp³-hybridized carbons (Fsp3) is 0.263. The highest BCUT2D eigenvalue weighted by Crippen LogP contribution is 2.31. The van der Waals surface area contributed by atoms with Gasteiger partial charge in [-0.2, -0.15) is 26.3 Å². The number of rotatable bonds is 5. The zero-order valence-electron chi connectivity index (χ0n) is 16.0. The predicted octanol–water partition coefficient (Wildman–Crippen LogP) is 5.39. The molecule has 4 N–H and O–H groups in total. The summed E-state index contributed by atoms with van der Waals surface area (Å²) >= 11 is 10.2. The van der Waals surface area contributed by atoms with Gasteiger partial charge in [0.25, 0.3) is 0 Å². The first-order valence-corrected chi connectivity index (χ1v) is 9.63. The smallest absolute Gasteiger partial charge is 0.360 e. The molecule has 2 aromatic rings. The van der Waals surface area contributed by atoms with Crippen molar-refractivity contribution in [2.45, 2.75) is 25.3 Å². The van der Waals surface area contributed by atoms with Crippen LogP contribution in [0, 0.1) is 0 Å². The van der Waals surface area contributed by atoms with Gasteiger partial charge in [-0.15, -0.1) is 0 Å². The van der Waals surface area contributed by atoms with Gasteiger partial charge in [0.2, 0.25) is 0 Å². The predicted molar refractivity (Wildman–Crippen MR) is 116 cm³/mol. The van der Waals surface area contributed by atoms with E-state index in [0.29, 0.717) is 0 Å². The van der Waals surface area contributed by atoms with Crippen LogP contribution in [0.25, 0.3) is 0 Å². The molecule has 168 valence electrons. The van der Waals surface area contributed by atoms with Crippen molar-refractivity contribution in [3.63, 3.8) is 0 Å². The molecule has 0 saturated heterocycles. The molecular weight excluding hydrogens is 462 g/mol. The van der Waals surface area contributed by atoms with E-state index in [4.69, 9.17) is 24.4 Å². The summed E-state index contributed by atoms with van der Waals surface area (Å²) in [6.07, 6.45) is -8.93. The number of benzene rings is 2. The number of hydrogen-bond donors (Lipinski definition) is 4. The van der Waals surface area contributed by atoms with E-state index in [0.717, 1.165) is 24.3 Å². The first-order valence-electron chi connectivity index (χ1n) is 8.81. The molecule has 4 nitrogen and oxygen atoms in total. The lowest BCUT2D eigenvalue weighted by molar-refractivity contribution is -0.138. The van der Waals surface area contributed by atoms with Gasteiger partial charge < -0.3 is 21.3 Å². The minimum absolute atomic E-state index is 0.102. The van der Waals surface area contributed by atoms with Crippen molar-refractivity contribution in [2.24, 2.45) is 0 Å². The van der Waals surface area contributed by atoms with Gasteiger partial charge in [0.1, 0.15) is 0 Å². The Morgan fingerprint density at radius 3 is 1.71 bits per heavy atom. The SMILES string of the molecule is CC(CNC(=S)Nc1cccc(C(F)(F)F)c1)NC(=S)Nc1cccc(C(F)(F)F)c1. The maximum Gasteiger partial charge on any atom is 0.416 e. The third-order valence-electron chi connectivity index (χ3n) is 3.84. The van der Waals surface area contributed by atoms with Crippen LogP contribution >= 0.6 is 24.4 Å². The summed E-state index contributed by atoms with van der Waals surface area (Å²) in [6.45, 7) is 1.98. The minimum atomic E-state index is -4.47. The van der Waals surface area contributed by atoms with Crippen molar-refractivity contribution in [3.05, 3.63) is 59.7 Å². The van der Waals surface area contributed by atoms with Gasteiger partial charge in [-0.25, -0.2) is 0 Å². The summed E-state index contributed by atoms with van der Waals surface area (Å²) < 4.78 is 76.6. The topological polar surface area (TPSA) is 48.1 Å². The highest BCUT2D eigenvalue weighted by molar-refractivity contribution is 7.80. The standard InChI is InChI=1S/C19H18F6N4S2/c1-11(27-17(31)29-15-7-3-5-13(9-15)19(23,24)25)10-26-16(30)28-14-6-2-4-12(8-14)18(20,21)22/h2-9,11H,10H2,1H3,(H2,26,28,30)(H2,27,29,31). The summed E-state index contributed by atoms with van der Waals surface area (Å²) in [4.78, 5) is 0. The summed E-state index contributed by atoms with van der Waals surface area (Å²) in [6, 6.07) is 8.88. The molecule has 1 atom stereocenters. The molecular formula is C19H18F6N4S2. The second-order valence-electron chi connectivity index (χ2n) is 6.49. The quantitative estimate of drug-likeness (QED) is 0.340. The van der Waals surface area contributed by atoms with Crippen LogP contribution in [0.1, 0.15) is 18.1 Å². The van der Waals surface area contributed by atoms with Crippen LogP contribution in [0.4, 0.5) is 37.7 Å². The molecule has 0 aliphatic carbocycles. The van der Waals surface area contributed by atoms with E-state index in [1.807, 2.05) is 0 Å². The van der Waals surface area contributed by atoms with Crippen molar-refractivity contribution in [1.82, 2.24) is 10.6 Å². The summed E-state index contributed by atoms with van der Waals surface area (Å²) in [5, 5.41) is 11.2. The van der Waals surface area contributed by atoms with Crippen LogP contribution in [0.15, 0.2) is 48.5 Å². The average Bonchev–Trinajstić information content (AvgIpc) is 2.65. The maximum absolute atomic E-state index is 12.8. The second kappa shape index (κ2) is 10.1. The van der Waals surface area contributed by atoms with Crippen LogP contribution < -0.4 is 21.3 Å². The Hall–Kier alpha value is -2.60. The van der Waals surface area contributed by atoms with Crippen LogP contribution in [0.2, 0.25) is 0 Å². The van der Waals surface area contributed by atoms with E-state index in [1.165, 1.54) is 24.3 Å².